The molecule has 0 unspecified atom stereocenters. The summed E-state index contributed by atoms with van der Waals surface area (Å²) < 4.78 is 0. The van der Waals surface area contributed by atoms with Gasteiger partial charge in [-0.2, -0.15) is 0 Å². The summed E-state index contributed by atoms with van der Waals surface area (Å²) in [4.78, 5) is 0. The monoisotopic (exact) mass is 432 g/mol. The van der Waals surface area contributed by atoms with E-state index in [0.717, 1.165) is 0 Å². The Labute approximate surface area is 200 Å². The molecule has 0 bridgehead atoms. The Balaban J connectivity index is 1.35. The lowest BCUT2D eigenvalue weighted by Crippen LogP contribution is -1.81. The first-order chi connectivity index (χ1) is 16.8. The zero-order chi connectivity index (χ0) is 22.7. The Bertz CT molecular complexity index is 1540. The molecular formula is C34H24. The normalized spacial score (nSPS) is 11.9. The van der Waals surface area contributed by atoms with Crippen molar-refractivity contribution in [2.45, 2.75) is 0 Å². The van der Waals surface area contributed by atoms with Gasteiger partial charge in [-0.3, -0.25) is 0 Å². The van der Waals surface area contributed by atoms with Crippen molar-refractivity contribution in [1.29, 1.82) is 0 Å². The van der Waals surface area contributed by atoms with Crippen LogP contribution in [0.4, 0.5) is 0 Å². The molecule has 160 valence electrons. The first kappa shape index (κ1) is 20.2. The van der Waals surface area contributed by atoms with Crippen LogP contribution in [0.3, 0.4) is 0 Å². The highest BCUT2D eigenvalue weighted by Gasteiger charge is 2.03. The van der Waals surface area contributed by atoms with Gasteiger partial charge in [-0.05, 0) is 91.0 Å². The minimum atomic E-state index is 1.21. The van der Waals surface area contributed by atoms with E-state index < -0.39 is 0 Å². The summed E-state index contributed by atoms with van der Waals surface area (Å²) in [6.07, 6.45) is 8.70. The second-order valence-corrected chi connectivity index (χ2v) is 8.75. The van der Waals surface area contributed by atoms with E-state index in [4.69, 9.17) is 0 Å². The van der Waals surface area contributed by atoms with E-state index in [1.54, 1.807) is 0 Å². The van der Waals surface area contributed by atoms with E-state index >= 15 is 0 Å². The maximum atomic E-state index is 2.31. The Morgan fingerprint density at radius 1 is 0.265 bits per heavy atom. The van der Waals surface area contributed by atoms with Crippen LogP contribution in [0, 0.1) is 0 Å². The van der Waals surface area contributed by atoms with Crippen LogP contribution in [0.5, 0.6) is 0 Å². The number of benzene rings is 6. The third-order valence-corrected chi connectivity index (χ3v) is 6.33. The van der Waals surface area contributed by atoms with Crippen LogP contribution in [0.15, 0.2) is 121 Å². The van der Waals surface area contributed by atoms with E-state index in [1.165, 1.54) is 54.6 Å². The van der Waals surface area contributed by atoms with Gasteiger partial charge >= 0.3 is 0 Å². The largest absolute Gasteiger partial charge is 0.0622 e. The van der Waals surface area contributed by atoms with Crippen LogP contribution in [-0.2, 0) is 0 Å². The van der Waals surface area contributed by atoms with Crippen LogP contribution < -0.4 is 0 Å². The summed E-state index contributed by atoms with van der Waals surface area (Å²) in [6.45, 7) is 0. The van der Waals surface area contributed by atoms with E-state index in [1.807, 2.05) is 12.1 Å². The average molecular weight is 433 g/mol. The van der Waals surface area contributed by atoms with Crippen molar-refractivity contribution in [3.8, 4) is 0 Å². The van der Waals surface area contributed by atoms with Gasteiger partial charge in [-0.1, -0.05) is 109 Å². The highest BCUT2D eigenvalue weighted by Crippen LogP contribution is 2.29. The van der Waals surface area contributed by atoms with Crippen molar-refractivity contribution in [1.82, 2.24) is 0 Å². The fourth-order valence-corrected chi connectivity index (χ4v) is 4.51. The third kappa shape index (κ3) is 4.27. The molecule has 6 rings (SSSR count). The van der Waals surface area contributed by atoms with Gasteiger partial charge in [0.1, 0.15) is 0 Å². The van der Waals surface area contributed by atoms with Gasteiger partial charge in [0.2, 0.25) is 0 Å². The highest BCUT2D eigenvalue weighted by molar-refractivity contribution is 6.05. The average Bonchev–Trinajstić information content (AvgIpc) is 2.89. The van der Waals surface area contributed by atoms with E-state index in [2.05, 4.69) is 133 Å². The van der Waals surface area contributed by atoms with Crippen LogP contribution in [0.25, 0.3) is 56.6 Å². The lowest BCUT2D eigenvalue weighted by Gasteiger charge is -2.07. The van der Waals surface area contributed by atoms with Crippen molar-refractivity contribution < 1.29 is 0 Å². The fraction of sp³-hybridized carbons (Fsp3) is 0. The fourth-order valence-electron chi connectivity index (χ4n) is 4.51. The molecule has 0 N–H and O–H groups in total. The molecule has 0 aliphatic rings. The summed E-state index contributed by atoms with van der Waals surface area (Å²) in [6, 6.07) is 43.5. The molecule has 6 aromatic carbocycles. The Morgan fingerprint density at radius 2 is 0.618 bits per heavy atom. The van der Waals surface area contributed by atoms with Crippen LogP contribution >= 0.6 is 0 Å². The first-order valence-electron chi connectivity index (χ1n) is 11.7. The molecule has 0 aromatic heterocycles. The molecule has 0 aliphatic carbocycles. The predicted octanol–water partition coefficient (Wildman–Crippen LogP) is 9.49. The second-order valence-electron chi connectivity index (χ2n) is 8.75. The first-order valence-corrected chi connectivity index (χ1v) is 11.7. The number of fused-ring (bicyclic) bond motifs is 3. The molecule has 0 saturated heterocycles. The molecule has 0 nitrogen and oxygen atoms in total. The summed E-state index contributed by atoms with van der Waals surface area (Å²) in [5.41, 5.74) is 4.86. The molecule has 0 spiro atoms. The lowest BCUT2D eigenvalue weighted by atomic mass is 9.97. The van der Waals surface area contributed by atoms with Crippen molar-refractivity contribution in [3.05, 3.63) is 144 Å². The lowest BCUT2D eigenvalue weighted by molar-refractivity contribution is 1.66. The summed E-state index contributed by atoms with van der Waals surface area (Å²) in [5.74, 6) is 0. The summed E-state index contributed by atoms with van der Waals surface area (Å²) in [7, 11) is 0. The molecule has 6 aromatic rings. The Morgan fingerprint density at radius 3 is 1.06 bits per heavy atom. The third-order valence-electron chi connectivity index (χ3n) is 6.33. The van der Waals surface area contributed by atoms with E-state index in [0.29, 0.717) is 0 Å². The zero-order valence-corrected chi connectivity index (χ0v) is 18.9. The maximum absolute atomic E-state index is 2.31. The maximum Gasteiger partial charge on any atom is -0.0171 e. The summed E-state index contributed by atoms with van der Waals surface area (Å²) >= 11 is 0. The smallest absolute Gasteiger partial charge is 0.0171 e. The van der Waals surface area contributed by atoms with Gasteiger partial charge in [-0.25, -0.2) is 0 Å². The molecule has 0 atom stereocenters. The van der Waals surface area contributed by atoms with Gasteiger partial charge in [0, 0.05) is 0 Å². The molecule has 0 fully saturated rings. The Kier molecular flexibility index (Phi) is 5.26. The number of hydrogen-bond donors (Lipinski definition) is 0. The van der Waals surface area contributed by atoms with Gasteiger partial charge in [-0.15, -0.1) is 0 Å². The molecule has 0 amide bonds. The van der Waals surface area contributed by atoms with Gasteiger partial charge in [0.25, 0.3) is 0 Å². The van der Waals surface area contributed by atoms with Crippen LogP contribution in [0.2, 0.25) is 0 Å². The van der Waals surface area contributed by atoms with Gasteiger partial charge in [0.05, 0.1) is 0 Å². The second kappa shape index (κ2) is 8.84. The van der Waals surface area contributed by atoms with Gasteiger partial charge < -0.3 is 0 Å². The molecule has 0 heterocycles. The van der Waals surface area contributed by atoms with Crippen LogP contribution in [-0.4, -0.2) is 0 Å². The molecule has 34 heavy (non-hydrogen) atoms. The zero-order valence-electron chi connectivity index (χ0n) is 18.9. The van der Waals surface area contributed by atoms with Crippen molar-refractivity contribution in [2.24, 2.45) is 0 Å². The molecular weight excluding hydrogens is 408 g/mol. The SMILES string of the molecule is C(=C\c1ccc2cc3cc4cc(/C=C/c5ccccc5)ccc4cc3cc2c1)/c1ccccc1. The minimum absolute atomic E-state index is 1.21. The quantitative estimate of drug-likeness (QED) is 0.192. The molecule has 0 heteroatoms. The van der Waals surface area contributed by atoms with E-state index in [9.17, 15) is 0 Å². The van der Waals surface area contributed by atoms with Crippen molar-refractivity contribution >= 4 is 56.6 Å². The topological polar surface area (TPSA) is 0 Å². The highest BCUT2D eigenvalue weighted by atomic mass is 14.1. The van der Waals surface area contributed by atoms with Crippen molar-refractivity contribution in [2.75, 3.05) is 0 Å². The molecule has 0 aliphatic heterocycles. The van der Waals surface area contributed by atoms with E-state index in [-0.39, 0.29) is 0 Å². The van der Waals surface area contributed by atoms with Crippen molar-refractivity contribution in [3.63, 3.8) is 0 Å². The van der Waals surface area contributed by atoms with Gasteiger partial charge in [0.15, 0.2) is 0 Å². The minimum Gasteiger partial charge on any atom is -0.0622 e. The number of hydrogen-bond acceptors (Lipinski definition) is 0. The molecule has 0 saturated carbocycles. The molecule has 0 radical (unpaired) electrons. The number of rotatable bonds is 4. The predicted molar refractivity (Wildman–Crippen MR) is 150 cm³/mol. The standard InChI is InChI=1S/C34H24/c1-3-7-25(8-4-1)11-13-27-15-17-29-21-34-24-32-20-28(14-12-26-9-5-2-6-10-26)16-18-30(32)22-33(34)23-31(29)19-27/h1-24H/b13-11+,14-12+. The summed E-state index contributed by atoms with van der Waals surface area (Å²) in [5, 5.41) is 7.62. The van der Waals surface area contributed by atoms with Crippen LogP contribution in [0.1, 0.15) is 22.3 Å². The Hall–Kier alpha value is -4.42.